The Labute approximate surface area is 126 Å². The number of anilines is 1. The van der Waals surface area contributed by atoms with Crippen molar-refractivity contribution in [3.8, 4) is 17.0 Å². The van der Waals surface area contributed by atoms with Gasteiger partial charge in [-0.3, -0.25) is 4.68 Å². The number of benzene rings is 1. The Morgan fingerprint density at radius 2 is 1.90 bits per heavy atom. The summed E-state index contributed by atoms with van der Waals surface area (Å²) in [7, 11) is 1.88. The van der Waals surface area contributed by atoms with Gasteiger partial charge in [0.2, 0.25) is 0 Å². The first-order valence-corrected chi connectivity index (χ1v) is 7.60. The van der Waals surface area contributed by atoms with Crippen molar-refractivity contribution < 1.29 is 4.74 Å². The van der Waals surface area contributed by atoms with Crippen LogP contribution in [0.15, 0.2) is 24.3 Å². The molecular weight excluding hydrogens is 262 g/mol. The monoisotopic (exact) mass is 287 g/mol. The molecule has 0 saturated heterocycles. The summed E-state index contributed by atoms with van der Waals surface area (Å²) in [5, 5.41) is 4.56. The van der Waals surface area contributed by atoms with E-state index in [1.807, 2.05) is 19.2 Å². The van der Waals surface area contributed by atoms with Gasteiger partial charge in [0.05, 0.1) is 12.3 Å². The third-order valence-electron chi connectivity index (χ3n) is 3.60. The smallest absolute Gasteiger partial charge is 0.125 e. The first-order chi connectivity index (χ1) is 10.0. The molecule has 0 aliphatic carbocycles. The van der Waals surface area contributed by atoms with E-state index in [-0.39, 0.29) is 0 Å². The molecule has 0 saturated carbocycles. The van der Waals surface area contributed by atoms with Crippen LogP contribution in [0.4, 0.5) is 5.82 Å². The van der Waals surface area contributed by atoms with Crippen molar-refractivity contribution in [2.75, 3.05) is 12.3 Å². The molecule has 0 unspecified atom stereocenters. The fourth-order valence-electron chi connectivity index (χ4n) is 2.38. The van der Waals surface area contributed by atoms with Crippen molar-refractivity contribution in [2.24, 2.45) is 7.05 Å². The van der Waals surface area contributed by atoms with E-state index >= 15 is 0 Å². The van der Waals surface area contributed by atoms with Crippen LogP contribution in [-0.2, 0) is 7.05 Å². The zero-order valence-electron chi connectivity index (χ0n) is 13.4. The largest absolute Gasteiger partial charge is 0.494 e. The molecule has 114 valence electrons. The number of unbranched alkanes of at least 4 members (excludes halogenated alkanes) is 1. The van der Waals surface area contributed by atoms with Gasteiger partial charge in [-0.05, 0) is 36.6 Å². The van der Waals surface area contributed by atoms with E-state index in [1.54, 1.807) is 4.68 Å². The summed E-state index contributed by atoms with van der Waals surface area (Å²) in [6.45, 7) is 7.20. The highest BCUT2D eigenvalue weighted by molar-refractivity contribution is 5.69. The zero-order chi connectivity index (χ0) is 15.4. The third kappa shape index (κ3) is 3.38. The molecule has 21 heavy (non-hydrogen) atoms. The van der Waals surface area contributed by atoms with E-state index in [0.717, 1.165) is 47.8 Å². The lowest BCUT2D eigenvalue weighted by Crippen LogP contribution is -2.00. The Morgan fingerprint density at radius 3 is 2.48 bits per heavy atom. The third-order valence-corrected chi connectivity index (χ3v) is 3.60. The minimum atomic E-state index is 0.342. The van der Waals surface area contributed by atoms with E-state index in [0.29, 0.717) is 5.92 Å². The predicted octanol–water partition coefficient (Wildman–Crippen LogP) is 3.97. The number of aromatic nitrogens is 2. The van der Waals surface area contributed by atoms with Crippen molar-refractivity contribution in [1.29, 1.82) is 0 Å². The van der Waals surface area contributed by atoms with Crippen molar-refractivity contribution in [2.45, 2.75) is 39.5 Å². The highest BCUT2D eigenvalue weighted by Crippen LogP contribution is 2.33. The van der Waals surface area contributed by atoms with Gasteiger partial charge in [0.15, 0.2) is 0 Å². The van der Waals surface area contributed by atoms with Crippen LogP contribution >= 0.6 is 0 Å². The van der Waals surface area contributed by atoms with E-state index < -0.39 is 0 Å². The fourth-order valence-corrected chi connectivity index (χ4v) is 2.38. The van der Waals surface area contributed by atoms with Gasteiger partial charge in [-0.1, -0.05) is 27.2 Å². The van der Waals surface area contributed by atoms with Gasteiger partial charge in [0.25, 0.3) is 0 Å². The molecule has 2 rings (SSSR count). The highest BCUT2D eigenvalue weighted by Gasteiger charge is 2.18. The molecule has 1 aromatic carbocycles. The summed E-state index contributed by atoms with van der Waals surface area (Å²) in [6.07, 6.45) is 2.22. The number of hydrogen-bond donors (Lipinski definition) is 1. The Kier molecular flexibility index (Phi) is 4.89. The Balaban J connectivity index is 2.25. The summed E-state index contributed by atoms with van der Waals surface area (Å²) in [6, 6.07) is 8.10. The number of nitrogens with zero attached hydrogens (tertiary/aromatic N) is 2. The predicted molar refractivity (Wildman–Crippen MR) is 87.5 cm³/mol. The van der Waals surface area contributed by atoms with Gasteiger partial charge in [-0.15, -0.1) is 0 Å². The van der Waals surface area contributed by atoms with Gasteiger partial charge >= 0.3 is 0 Å². The number of hydrogen-bond acceptors (Lipinski definition) is 3. The molecular formula is C17H25N3O. The van der Waals surface area contributed by atoms with Gasteiger partial charge in [-0.2, -0.15) is 5.10 Å². The van der Waals surface area contributed by atoms with Crippen molar-refractivity contribution in [1.82, 2.24) is 9.78 Å². The van der Waals surface area contributed by atoms with Gasteiger partial charge < -0.3 is 10.5 Å². The second-order valence-corrected chi connectivity index (χ2v) is 5.65. The molecule has 0 bridgehead atoms. The summed E-state index contributed by atoms with van der Waals surface area (Å²) in [5.74, 6) is 1.99. The highest BCUT2D eigenvalue weighted by atomic mass is 16.5. The summed E-state index contributed by atoms with van der Waals surface area (Å²) in [5.41, 5.74) is 9.28. The van der Waals surface area contributed by atoms with Crippen LogP contribution in [0.25, 0.3) is 11.3 Å². The van der Waals surface area contributed by atoms with E-state index in [2.05, 4.69) is 38.0 Å². The molecule has 0 fully saturated rings. The minimum Gasteiger partial charge on any atom is -0.494 e. The number of rotatable bonds is 6. The molecule has 0 amide bonds. The van der Waals surface area contributed by atoms with Crippen molar-refractivity contribution in [3.05, 3.63) is 29.8 Å². The van der Waals surface area contributed by atoms with Gasteiger partial charge in [-0.25, -0.2) is 0 Å². The van der Waals surface area contributed by atoms with Gasteiger partial charge in [0, 0.05) is 18.2 Å². The number of nitrogen functional groups attached to an aromatic ring is 1. The SMILES string of the molecule is CCCCOc1ccc(-c2nn(C)c(N)c2C(C)C)cc1. The molecule has 0 aliphatic heterocycles. The molecule has 4 heteroatoms. The molecule has 0 atom stereocenters. The lowest BCUT2D eigenvalue weighted by atomic mass is 9.98. The number of nitrogens with two attached hydrogens (primary N) is 1. The maximum absolute atomic E-state index is 6.13. The molecule has 2 aromatic rings. The van der Waals surface area contributed by atoms with Crippen LogP contribution in [0.3, 0.4) is 0 Å². The Bertz CT molecular complexity index is 585. The zero-order valence-corrected chi connectivity index (χ0v) is 13.4. The van der Waals surface area contributed by atoms with Gasteiger partial charge in [0.1, 0.15) is 11.6 Å². The van der Waals surface area contributed by atoms with Crippen LogP contribution in [0, 0.1) is 0 Å². The normalized spacial score (nSPS) is 11.1. The molecule has 0 aliphatic rings. The summed E-state index contributed by atoms with van der Waals surface area (Å²) in [4.78, 5) is 0. The summed E-state index contributed by atoms with van der Waals surface area (Å²) >= 11 is 0. The second-order valence-electron chi connectivity index (χ2n) is 5.65. The van der Waals surface area contributed by atoms with Crippen molar-refractivity contribution >= 4 is 5.82 Å². The molecule has 1 aromatic heterocycles. The van der Waals surface area contributed by atoms with E-state index in [4.69, 9.17) is 10.5 Å². The van der Waals surface area contributed by atoms with E-state index in [1.165, 1.54) is 0 Å². The number of aryl methyl sites for hydroxylation is 1. The van der Waals surface area contributed by atoms with E-state index in [9.17, 15) is 0 Å². The number of ether oxygens (including phenoxy) is 1. The standard InChI is InChI=1S/C17H25N3O/c1-5-6-11-21-14-9-7-13(8-10-14)16-15(12(2)3)17(18)20(4)19-16/h7-10,12H,5-6,11,18H2,1-4H3. The fraction of sp³-hybridized carbons (Fsp3) is 0.471. The first-order valence-electron chi connectivity index (χ1n) is 7.60. The van der Waals surface area contributed by atoms with Crippen LogP contribution in [0.2, 0.25) is 0 Å². The summed E-state index contributed by atoms with van der Waals surface area (Å²) < 4.78 is 7.44. The van der Waals surface area contributed by atoms with Crippen LogP contribution in [0.5, 0.6) is 5.75 Å². The van der Waals surface area contributed by atoms with Crippen LogP contribution in [-0.4, -0.2) is 16.4 Å². The Morgan fingerprint density at radius 1 is 1.24 bits per heavy atom. The molecule has 2 N–H and O–H groups in total. The molecule has 0 radical (unpaired) electrons. The minimum absolute atomic E-state index is 0.342. The first kappa shape index (κ1) is 15.4. The Hall–Kier alpha value is -1.97. The van der Waals surface area contributed by atoms with Crippen LogP contribution < -0.4 is 10.5 Å². The van der Waals surface area contributed by atoms with Crippen LogP contribution in [0.1, 0.15) is 45.1 Å². The van der Waals surface area contributed by atoms with Crippen molar-refractivity contribution in [3.63, 3.8) is 0 Å². The molecule has 1 heterocycles. The second kappa shape index (κ2) is 6.66. The average molecular weight is 287 g/mol. The average Bonchev–Trinajstić information content (AvgIpc) is 2.76. The quantitative estimate of drug-likeness (QED) is 0.818. The maximum Gasteiger partial charge on any atom is 0.125 e. The lowest BCUT2D eigenvalue weighted by Gasteiger charge is -2.09. The lowest BCUT2D eigenvalue weighted by molar-refractivity contribution is 0.309. The molecule has 4 nitrogen and oxygen atoms in total. The maximum atomic E-state index is 6.13. The topological polar surface area (TPSA) is 53.1 Å². The molecule has 0 spiro atoms.